The molecule has 0 amide bonds. The number of aromatic nitrogens is 2. The van der Waals surface area contributed by atoms with Gasteiger partial charge >= 0.3 is 0 Å². The molecule has 0 unspecified atom stereocenters. The molecule has 2 heterocycles. The Bertz CT molecular complexity index is 750. The summed E-state index contributed by atoms with van der Waals surface area (Å²) in [5, 5.41) is 7.72. The molecule has 6 nitrogen and oxygen atoms in total. The summed E-state index contributed by atoms with van der Waals surface area (Å²) in [6, 6.07) is 10.8. The molecule has 0 aliphatic rings. The van der Waals surface area contributed by atoms with Crippen molar-refractivity contribution in [3.8, 4) is 5.75 Å². The number of benzene rings is 1. The average molecular weight is 316 g/mol. The van der Waals surface area contributed by atoms with Crippen molar-refractivity contribution in [2.75, 3.05) is 7.11 Å². The molecule has 2 aromatic heterocycles. The van der Waals surface area contributed by atoms with Crippen LogP contribution < -0.4 is 4.74 Å². The van der Waals surface area contributed by atoms with Crippen molar-refractivity contribution in [3.63, 3.8) is 0 Å². The summed E-state index contributed by atoms with van der Waals surface area (Å²) in [4.78, 5) is 11.8. The van der Waals surface area contributed by atoms with Gasteiger partial charge in [0.25, 0.3) is 10.3 Å². The molecule has 112 valence electrons. The lowest BCUT2D eigenvalue weighted by molar-refractivity contribution is 0.106. The Morgan fingerprint density at radius 2 is 2.05 bits per heavy atom. The van der Waals surface area contributed by atoms with Crippen LogP contribution in [0.15, 0.2) is 56.7 Å². The molecular formula is C15H12N2O4S. The number of methoxy groups -OCH3 is 1. The Labute approximate surface area is 130 Å². The Kier molecular flexibility index (Phi) is 4.24. The smallest absolute Gasteiger partial charge is 0.284 e. The van der Waals surface area contributed by atoms with Crippen LogP contribution in [0.25, 0.3) is 0 Å². The first-order chi connectivity index (χ1) is 10.7. The number of furan rings is 1. The third-order valence-corrected chi connectivity index (χ3v) is 3.59. The van der Waals surface area contributed by atoms with Gasteiger partial charge in [0.05, 0.1) is 19.8 Å². The summed E-state index contributed by atoms with van der Waals surface area (Å²) in [6.07, 6.45) is 1.93. The number of nitrogens with zero attached hydrogens (tertiary/aromatic N) is 2. The van der Waals surface area contributed by atoms with Crippen molar-refractivity contribution >= 4 is 16.9 Å². The van der Waals surface area contributed by atoms with E-state index in [0.29, 0.717) is 12.3 Å². The van der Waals surface area contributed by atoms with Crippen LogP contribution in [-0.2, 0) is 6.42 Å². The van der Waals surface area contributed by atoms with Gasteiger partial charge in [-0.2, -0.15) is 0 Å². The second-order valence-electron chi connectivity index (χ2n) is 4.35. The minimum atomic E-state index is -0.273. The van der Waals surface area contributed by atoms with Crippen LogP contribution in [0.1, 0.15) is 22.0 Å². The first kappa shape index (κ1) is 14.4. The first-order valence-corrected chi connectivity index (χ1v) is 7.27. The molecule has 22 heavy (non-hydrogen) atoms. The SMILES string of the molecule is COc1ccc(Cc2nnc(SC(=O)c3ccco3)o2)cc1. The monoisotopic (exact) mass is 316 g/mol. The standard InChI is InChI=1S/C15H12N2O4S/c1-19-11-6-4-10(5-7-11)9-13-16-17-15(21-13)22-14(18)12-3-2-8-20-12/h2-8H,9H2,1H3. The molecule has 0 N–H and O–H groups in total. The lowest BCUT2D eigenvalue weighted by Gasteiger charge is -2.00. The number of ether oxygens (including phenoxy) is 1. The van der Waals surface area contributed by atoms with Crippen LogP contribution in [0.3, 0.4) is 0 Å². The number of carbonyl (C=O) groups is 1. The van der Waals surface area contributed by atoms with Gasteiger partial charge in [-0.05, 0) is 29.8 Å². The first-order valence-electron chi connectivity index (χ1n) is 6.45. The maximum absolute atomic E-state index is 11.8. The van der Waals surface area contributed by atoms with E-state index in [1.54, 1.807) is 19.2 Å². The maximum atomic E-state index is 11.8. The van der Waals surface area contributed by atoms with Crippen molar-refractivity contribution in [2.24, 2.45) is 0 Å². The number of carbonyl (C=O) groups excluding carboxylic acids is 1. The Hall–Kier alpha value is -2.54. The summed E-state index contributed by atoms with van der Waals surface area (Å²) in [7, 11) is 1.62. The third kappa shape index (κ3) is 3.37. The van der Waals surface area contributed by atoms with E-state index in [1.165, 1.54) is 6.26 Å². The average Bonchev–Trinajstić information content (AvgIpc) is 3.20. The van der Waals surface area contributed by atoms with E-state index in [4.69, 9.17) is 13.6 Å². The van der Waals surface area contributed by atoms with Crippen LogP contribution in [0.5, 0.6) is 5.75 Å². The van der Waals surface area contributed by atoms with Gasteiger partial charge in [-0.3, -0.25) is 4.79 Å². The van der Waals surface area contributed by atoms with E-state index < -0.39 is 0 Å². The molecule has 7 heteroatoms. The lowest BCUT2D eigenvalue weighted by atomic mass is 10.1. The largest absolute Gasteiger partial charge is 0.497 e. The highest BCUT2D eigenvalue weighted by Crippen LogP contribution is 2.23. The van der Waals surface area contributed by atoms with Gasteiger partial charge in [0.2, 0.25) is 5.89 Å². The zero-order valence-corrected chi connectivity index (χ0v) is 12.5. The Morgan fingerprint density at radius 1 is 1.23 bits per heavy atom. The van der Waals surface area contributed by atoms with Gasteiger partial charge in [-0.1, -0.05) is 12.1 Å². The fourth-order valence-corrected chi connectivity index (χ4v) is 2.39. The third-order valence-electron chi connectivity index (χ3n) is 2.87. The molecular weight excluding hydrogens is 304 g/mol. The van der Waals surface area contributed by atoms with Gasteiger partial charge in [-0.25, -0.2) is 0 Å². The quantitative estimate of drug-likeness (QED) is 0.669. The molecule has 0 spiro atoms. The number of thioether (sulfide) groups is 1. The summed E-state index contributed by atoms with van der Waals surface area (Å²) < 4.78 is 15.6. The highest BCUT2D eigenvalue weighted by molar-refractivity contribution is 8.13. The van der Waals surface area contributed by atoms with E-state index in [2.05, 4.69) is 10.2 Å². The molecule has 0 bridgehead atoms. The molecule has 1 aromatic carbocycles. The van der Waals surface area contributed by atoms with Gasteiger partial charge in [0.15, 0.2) is 5.76 Å². The van der Waals surface area contributed by atoms with Crippen molar-refractivity contribution in [2.45, 2.75) is 11.6 Å². The highest BCUT2D eigenvalue weighted by Gasteiger charge is 2.16. The van der Waals surface area contributed by atoms with Crippen molar-refractivity contribution < 1.29 is 18.4 Å². The molecule has 0 atom stereocenters. The Morgan fingerprint density at radius 3 is 2.73 bits per heavy atom. The minimum absolute atomic E-state index is 0.199. The normalized spacial score (nSPS) is 10.6. The minimum Gasteiger partial charge on any atom is -0.497 e. The van der Waals surface area contributed by atoms with Crippen LogP contribution in [0, 0.1) is 0 Å². The summed E-state index contributed by atoms with van der Waals surface area (Å²) in [5.41, 5.74) is 1.01. The maximum Gasteiger partial charge on any atom is 0.284 e. The summed E-state index contributed by atoms with van der Waals surface area (Å²) >= 11 is 0.846. The van der Waals surface area contributed by atoms with Crippen molar-refractivity contribution in [1.29, 1.82) is 0 Å². The molecule has 0 aliphatic heterocycles. The van der Waals surface area contributed by atoms with E-state index in [1.807, 2.05) is 24.3 Å². The predicted molar refractivity (Wildman–Crippen MR) is 79.0 cm³/mol. The van der Waals surface area contributed by atoms with Crippen molar-refractivity contribution in [1.82, 2.24) is 10.2 Å². The number of hydrogen-bond acceptors (Lipinski definition) is 7. The second kappa shape index (κ2) is 6.48. The number of rotatable bonds is 5. The zero-order chi connectivity index (χ0) is 15.4. The number of hydrogen-bond donors (Lipinski definition) is 0. The molecule has 3 aromatic rings. The van der Waals surface area contributed by atoms with E-state index in [0.717, 1.165) is 23.1 Å². The summed E-state index contributed by atoms with van der Waals surface area (Å²) in [6.45, 7) is 0. The van der Waals surface area contributed by atoms with Gasteiger partial charge in [0, 0.05) is 11.8 Å². The van der Waals surface area contributed by atoms with Crippen LogP contribution in [0.4, 0.5) is 0 Å². The fourth-order valence-electron chi connectivity index (χ4n) is 1.79. The molecule has 0 fully saturated rings. The van der Waals surface area contributed by atoms with Gasteiger partial charge in [-0.15, -0.1) is 10.2 Å². The highest BCUT2D eigenvalue weighted by atomic mass is 32.2. The molecule has 0 aliphatic carbocycles. The van der Waals surface area contributed by atoms with E-state index in [-0.39, 0.29) is 16.1 Å². The molecule has 0 saturated heterocycles. The second-order valence-corrected chi connectivity index (χ2v) is 5.28. The predicted octanol–water partition coefficient (Wildman–Crippen LogP) is 3.19. The fraction of sp³-hybridized carbons (Fsp3) is 0.133. The zero-order valence-electron chi connectivity index (χ0n) is 11.7. The van der Waals surface area contributed by atoms with Crippen molar-refractivity contribution in [3.05, 3.63) is 59.9 Å². The molecule has 3 rings (SSSR count). The molecule has 0 radical (unpaired) electrons. The lowest BCUT2D eigenvalue weighted by Crippen LogP contribution is -1.89. The molecule has 0 saturated carbocycles. The van der Waals surface area contributed by atoms with Crippen LogP contribution in [0.2, 0.25) is 0 Å². The summed E-state index contributed by atoms with van der Waals surface area (Å²) in [5.74, 6) is 1.48. The van der Waals surface area contributed by atoms with Crippen LogP contribution in [-0.4, -0.2) is 22.4 Å². The topological polar surface area (TPSA) is 78.4 Å². The Balaban J connectivity index is 1.64. The van der Waals surface area contributed by atoms with E-state index >= 15 is 0 Å². The van der Waals surface area contributed by atoms with Gasteiger partial charge < -0.3 is 13.6 Å². The van der Waals surface area contributed by atoms with Crippen LogP contribution >= 0.6 is 11.8 Å². The van der Waals surface area contributed by atoms with E-state index in [9.17, 15) is 4.79 Å². The van der Waals surface area contributed by atoms with Gasteiger partial charge in [0.1, 0.15) is 5.75 Å².